The number of rotatable bonds is 5. The molecule has 1 aliphatic rings. The van der Waals surface area contributed by atoms with Crippen LogP contribution >= 0.6 is 12.4 Å². The number of benzene rings is 1. The highest BCUT2D eigenvalue weighted by molar-refractivity contribution is 5.85. The molecule has 0 bridgehead atoms. The lowest BCUT2D eigenvalue weighted by atomic mass is 10.1. The first-order valence-corrected chi connectivity index (χ1v) is 10.0. The van der Waals surface area contributed by atoms with Crippen molar-refractivity contribution in [2.75, 3.05) is 32.8 Å². The van der Waals surface area contributed by atoms with Gasteiger partial charge in [-0.2, -0.15) is 5.10 Å². The molecule has 0 amide bonds. The molecule has 7 heteroatoms. The molecule has 1 saturated heterocycles. The zero-order chi connectivity index (χ0) is 19.7. The molecule has 0 aliphatic carbocycles. The Balaban J connectivity index is 0.00000240. The van der Waals surface area contributed by atoms with Crippen molar-refractivity contribution in [3.63, 3.8) is 0 Å². The Morgan fingerprint density at radius 3 is 2.55 bits per heavy atom. The first kappa shape index (κ1) is 21.6. The van der Waals surface area contributed by atoms with Crippen molar-refractivity contribution >= 4 is 12.4 Å². The number of para-hydroxylation sites is 1. The number of nitrogens with zero attached hydrogens (tertiary/aromatic N) is 5. The van der Waals surface area contributed by atoms with Crippen LogP contribution in [0.1, 0.15) is 29.9 Å². The number of hydrogen-bond acceptors (Lipinski definition) is 4. The maximum Gasteiger partial charge on any atom is 0.0953 e. The average molecular weight is 416 g/mol. The van der Waals surface area contributed by atoms with Crippen LogP contribution in [-0.2, 0) is 4.74 Å². The van der Waals surface area contributed by atoms with Crippen molar-refractivity contribution in [3.8, 4) is 16.9 Å². The van der Waals surface area contributed by atoms with Crippen LogP contribution in [0.2, 0.25) is 0 Å². The molecule has 1 fully saturated rings. The molecule has 2 aromatic heterocycles. The van der Waals surface area contributed by atoms with Gasteiger partial charge in [0.05, 0.1) is 48.5 Å². The van der Waals surface area contributed by atoms with Gasteiger partial charge < -0.3 is 9.30 Å². The molecule has 1 atom stereocenters. The van der Waals surface area contributed by atoms with Gasteiger partial charge in [0.2, 0.25) is 0 Å². The number of hydrogen-bond donors (Lipinski definition) is 0. The number of halogens is 1. The van der Waals surface area contributed by atoms with E-state index in [9.17, 15) is 0 Å². The molecular weight excluding hydrogens is 386 g/mol. The Morgan fingerprint density at radius 1 is 1.10 bits per heavy atom. The number of aromatic nitrogens is 4. The summed E-state index contributed by atoms with van der Waals surface area (Å²) >= 11 is 0. The summed E-state index contributed by atoms with van der Waals surface area (Å²) in [5, 5.41) is 4.86. The van der Waals surface area contributed by atoms with Crippen LogP contribution in [0.5, 0.6) is 0 Å². The van der Waals surface area contributed by atoms with Gasteiger partial charge in [0.1, 0.15) is 0 Å². The minimum Gasteiger partial charge on any atom is -0.379 e. The van der Waals surface area contributed by atoms with E-state index in [1.165, 1.54) is 11.1 Å². The molecular formula is C22H30ClN5O. The van der Waals surface area contributed by atoms with Crippen molar-refractivity contribution in [3.05, 3.63) is 53.7 Å². The second-order valence-corrected chi connectivity index (χ2v) is 7.69. The topological polar surface area (TPSA) is 48.1 Å². The molecule has 0 saturated carbocycles. The first-order chi connectivity index (χ1) is 13.6. The smallest absolute Gasteiger partial charge is 0.0953 e. The van der Waals surface area contributed by atoms with Crippen molar-refractivity contribution in [2.24, 2.45) is 0 Å². The van der Waals surface area contributed by atoms with Crippen molar-refractivity contribution in [1.82, 2.24) is 24.2 Å². The maximum atomic E-state index is 5.48. The van der Waals surface area contributed by atoms with Crippen LogP contribution in [0.15, 0.2) is 36.8 Å². The molecule has 3 heterocycles. The molecule has 4 rings (SSSR count). The maximum absolute atomic E-state index is 5.48. The van der Waals surface area contributed by atoms with Crippen molar-refractivity contribution < 1.29 is 4.74 Å². The summed E-state index contributed by atoms with van der Waals surface area (Å²) in [6, 6.07) is 8.70. The molecule has 29 heavy (non-hydrogen) atoms. The van der Waals surface area contributed by atoms with Crippen LogP contribution in [0.3, 0.4) is 0 Å². The lowest BCUT2D eigenvalue weighted by Gasteiger charge is -2.30. The third-order valence-corrected chi connectivity index (χ3v) is 5.66. The third kappa shape index (κ3) is 4.25. The molecule has 1 unspecified atom stereocenters. The Labute approximate surface area is 178 Å². The summed E-state index contributed by atoms with van der Waals surface area (Å²) in [6.07, 6.45) is 3.92. The van der Waals surface area contributed by atoms with Gasteiger partial charge in [-0.1, -0.05) is 18.2 Å². The summed E-state index contributed by atoms with van der Waals surface area (Å²) in [5.74, 6) is 0. The number of aryl methyl sites for hydroxylation is 2. The second-order valence-electron chi connectivity index (χ2n) is 7.69. The van der Waals surface area contributed by atoms with Gasteiger partial charge in [0.15, 0.2) is 0 Å². The zero-order valence-electron chi connectivity index (χ0n) is 17.6. The minimum atomic E-state index is 0. The van der Waals surface area contributed by atoms with E-state index in [-0.39, 0.29) is 12.4 Å². The van der Waals surface area contributed by atoms with Gasteiger partial charge in [0.25, 0.3) is 0 Å². The highest BCUT2D eigenvalue weighted by Gasteiger charge is 2.22. The summed E-state index contributed by atoms with van der Waals surface area (Å²) < 4.78 is 9.82. The largest absolute Gasteiger partial charge is 0.379 e. The van der Waals surface area contributed by atoms with E-state index in [0.29, 0.717) is 6.04 Å². The van der Waals surface area contributed by atoms with E-state index in [2.05, 4.69) is 71.1 Å². The van der Waals surface area contributed by atoms with Gasteiger partial charge in [-0.15, -0.1) is 12.4 Å². The fourth-order valence-corrected chi connectivity index (χ4v) is 4.14. The summed E-state index contributed by atoms with van der Waals surface area (Å²) in [6.45, 7) is 13.3. The van der Waals surface area contributed by atoms with Gasteiger partial charge in [0, 0.05) is 31.2 Å². The average Bonchev–Trinajstić information content (AvgIpc) is 3.27. The summed E-state index contributed by atoms with van der Waals surface area (Å²) in [7, 11) is 0. The lowest BCUT2D eigenvalue weighted by Crippen LogP contribution is -2.39. The molecule has 0 radical (unpaired) electrons. The van der Waals surface area contributed by atoms with Crippen molar-refractivity contribution in [1.29, 1.82) is 0 Å². The molecule has 0 N–H and O–H groups in total. The predicted molar refractivity (Wildman–Crippen MR) is 118 cm³/mol. The van der Waals surface area contributed by atoms with Crippen LogP contribution in [-0.4, -0.2) is 57.1 Å². The van der Waals surface area contributed by atoms with Crippen LogP contribution in [0.25, 0.3) is 16.9 Å². The second kappa shape index (κ2) is 9.11. The van der Waals surface area contributed by atoms with E-state index in [0.717, 1.165) is 55.6 Å². The quantitative estimate of drug-likeness (QED) is 0.632. The fraction of sp³-hybridized carbons (Fsp3) is 0.455. The Morgan fingerprint density at radius 2 is 1.83 bits per heavy atom. The van der Waals surface area contributed by atoms with Crippen LogP contribution in [0.4, 0.5) is 0 Å². The highest BCUT2D eigenvalue weighted by Crippen LogP contribution is 2.31. The van der Waals surface area contributed by atoms with Gasteiger partial charge in [-0.3, -0.25) is 4.90 Å². The number of morpholine rings is 1. The summed E-state index contributed by atoms with van der Waals surface area (Å²) in [4.78, 5) is 6.94. The van der Waals surface area contributed by atoms with Gasteiger partial charge >= 0.3 is 0 Å². The molecule has 1 aromatic carbocycles. The van der Waals surface area contributed by atoms with Gasteiger partial charge in [-0.25, -0.2) is 9.67 Å². The van der Waals surface area contributed by atoms with E-state index < -0.39 is 0 Å². The van der Waals surface area contributed by atoms with Crippen molar-refractivity contribution in [2.45, 2.75) is 33.7 Å². The fourth-order valence-electron chi connectivity index (χ4n) is 4.14. The Bertz CT molecular complexity index is 958. The van der Waals surface area contributed by atoms with E-state index >= 15 is 0 Å². The molecule has 3 aromatic rings. The molecule has 156 valence electrons. The Hall–Kier alpha value is -2.15. The van der Waals surface area contributed by atoms with Crippen LogP contribution < -0.4 is 0 Å². The highest BCUT2D eigenvalue weighted by atomic mass is 35.5. The normalized spacial score (nSPS) is 15.9. The third-order valence-electron chi connectivity index (χ3n) is 5.66. The minimum absolute atomic E-state index is 0. The number of imidazole rings is 1. The van der Waals surface area contributed by atoms with Crippen LogP contribution in [0, 0.1) is 20.8 Å². The standard InChI is InChI=1S/C22H29N5O.ClH/c1-16-7-5-6-8-20(16)27-19(4)22(18(3)24-27)21-13-23-15-26(21)17(2)14-25-9-11-28-12-10-25;/h5-8,13,15,17H,9-12,14H2,1-4H3;1H. The number of ether oxygens (including phenoxy) is 1. The molecule has 0 spiro atoms. The van der Waals surface area contributed by atoms with E-state index in [1.54, 1.807) is 0 Å². The van der Waals surface area contributed by atoms with E-state index in [4.69, 9.17) is 9.84 Å². The predicted octanol–water partition coefficient (Wildman–Crippen LogP) is 3.98. The molecule has 1 aliphatic heterocycles. The zero-order valence-corrected chi connectivity index (χ0v) is 18.4. The van der Waals surface area contributed by atoms with Gasteiger partial charge in [-0.05, 0) is 39.3 Å². The first-order valence-electron chi connectivity index (χ1n) is 10.0. The summed E-state index contributed by atoms with van der Waals surface area (Å²) in [5.41, 5.74) is 6.83. The van der Waals surface area contributed by atoms with E-state index in [1.807, 2.05) is 12.5 Å². The Kier molecular flexibility index (Phi) is 6.77. The lowest BCUT2D eigenvalue weighted by molar-refractivity contribution is 0.0326. The SMILES string of the molecule is Cc1ccccc1-n1nc(C)c(-c2cncn2C(C)CN2CCOCC2)c1C.Cl. The molecule has 6 nitrogen and oxygen atoms in total. The monoisotopic (exact) mass is 415 g/mol.